The first-order valence-electron chi connectivity index (χ1n) is 12.8. The molecule has 2 atom stereocenters. The van der Waals surface area contributed by atoms with E-state index in [-0.39, 0.29) is 25.2 Å². The molecule has 8 nitrogen and oxygen atoms in total. The summed E-state index contributed by atoms with van der Waals surface area (Å²) in [4.78, 5) is 17.7. The lowest BCUT2D eigenvalue weighted by Crippen LogP contribution is -2.49. The van der Waals surface area contributed by atoms with Crippen LogP contribution in [0.15, 0.2) is 60.4 Å². The summed E-state index contributed by atoms with van der Waals surface area (Å²) in [6.07, 6.45) is 3.57. The highest BCUT2D eigenvalue weighted by molar-refractivity contribution is 5.92. The lowest BCUT2D eigenvalue weighted by molar-refractivity contribution is -0.154. The first-order chi connectivity index (χ1) is 17.7. The van der Waals surface area contributed by atoms with Crippen molar-refractivity contribution in [3.05, 3.63) is 71.5 Å². The average molecular weight is 495 g/mol. The lowest BCUT2D eigenvalue weighted by atomic mass is 9.93. The second kappa shape index (κ2) is 11.8. The first kappa shape index (κ1) is 24.6. The molecule has 8 heteroatoms. The monoisotopic (exact) mass is 494 g/mol. The molecule has 2 aromatic carbocycles. The van der Waals surface area contributed by atoms with Gasteiger partial charge in [0.05, 0.1) is 6.61 Å². The molecule has 3 aliphatic rings. The summed E-state index contributed by atoms with van der Waals surface area (Å²) in [5.41, 5.74) is 2.31. The Hall–Kier alpha value is -3.07. The van der Waals surface area contributed by atoms with Gasteiger partial charge in [0.25, 0.3) is 5.91 Å². The third-order valence-electron chi connectivity index (χ3n) is 6.85. The van der Waals surface area contributed by atoms with Crippen molar-refractivity contribution in [2.24, 2.45) is 0 Å². The fourth-order valence-electron chi connectivity index (χ4n) is 4.83. The van der Waals surface area contributed by atoms with E-state index in [0.717, 1.165) is 43.1 Å². The van der Waals surface area contributed by atoms with Gasteiger partial charge in [-0.15, -0.1) is 0 Å². The van der Waals surface area contributed by atoms with Crippen molar-refractivity contribution in [3.63, 3.8) is 0 Å². The molecular weight excluding hydrogens is 460 g/mol. The molecular formula is C28H34N2O6. The Morgan fingerprint density at radius 2 is 1.81 bits per heavy atom. The Kier molecular flexibility index (Phi) is 8.05. The number of carbonyl (C=O) groups is 1. The van der Waals surface area contributed by atoms with Gasteiger partial charge in [-0.1, -0.05) is 36.4 Å². The molecule has 2 aromatic rings. The second-order valence-corrected chi connectivity index (χ2v) is 9.39. The zero-order valence-electron chi connectivity index (χ0n) is 20.5. The number of aliphatic hydroxyl groups excluding tert-OH is 1. The molecule has 0 unspecified atom stereocenters. The highest BCUT2D eigenvalue weighted by atomic mass is 16.7. The second-order valence-electron chi connectivity index (χ2n) is 9.39. The largest absolute Gasteiger partial charge is 0.459 e. The smallest absolute Gasteiger partial charge is 0.288 e. The predicted molar refractivity (Wildman–Crippen MR) is 133 cm³/mol. The number of hydrogen-bond donors (Lipinski definition) is 1. The van der Waals surface area contributed by atoms with Crippen LogP contribution in [0, 0.1) is 0 Å². The molecule has 0 radical (unpaired) electrons. The molecule has 1 saturated heterocycles. The van der Waals surface area contributed by atoms with Crippen LogP contribution >= 0.6 is 0 Å². The predicted octanol–water partition coefficient (Wildman–Crippen LogP) is 3.26. The van der Waals surface area contributed by atoms with Crippen molar-refractivity contribution in [3.8, 4) is 11.5 Å². The summed E-state index contributed by atoms with van der Waals surface area (Å²) in [7, 11) is 0. The summed E-state index contributed by atoms with van der Waals surface area (Å²) < 4.78 is 22.9. The van der Waals surface area contributed by atoms with Gasteiger partial charge in [-0.3, -0.25) is 9.69 Å². The van der Waals surface area contributed by atoms with Gasteiger partial charge < -0.3 is 29.0 Å². The van der Waals surface area contributed by atoms with Gasteiger partial charge in [-0.2, -0.15) is 0 Å². The van der Waals surface area contributed by atoms with E-state index >= 15 is 0 Å². The van der Waals surface area contributed by atoms with Gasteiger partial charge in [0.2, 0.25) is 13.1 Å². The molecule has 0 aliphatic carbocycles. The van der Waals surface area contributed by atoms with Gasteiger partial charge in [0.1, 0.15) is 0 Å². The zero-order valence-corrected chi connectivity index (χ0v) is 20.5. The fraction of sp³-hybridized carbons (Fsp3) is 0.464. The molecule has 0 saturated carbocycles. The number of unbranched alkanes of at least 4 members (excludes halogenated alkanes) is 1. The number of rotatable bonds is 9. The Morgan fingerprint density at radius 1 is 1.00 bits per heavy atom. The van der Waals surface area contributed by atoms with Gasteiger partial charge in [-0.25, -0.2) is 0 Å². The third kappa shape index (κ3) is 6.00. The number of ether oxygens (including phenoxy) is 4. The van der Waals surface area contributed by atoms with E-state index in [0.29, 0.717) is 38.3 Å². The van der Waals surface area contributed by atoms with Crippen LogP contribution in [0.2, 0.25) is 0 Å². The normalized spacial score (nSPS) is 21.7. The van der Waals surface area contributed by atoms with Gasteiger partial charge >= 0.3 is 0 Å². The number of aliphatic hydroxyl groups is 1. The summed E-state index contributed by atoms with van der Waals surface area (Å²) in [5.74, 6) is 1.92. The molecule has 0 aromatic heterocycles. The standard InChI is InChI=1S/C28H34N2O6/c31-14-4-5-15-33-27-18-23(22-6-2-1-3-7-22)17-26(36-27)28(32)30-12-10-29(11-13-30)19-21-8-9-24-25(16-21)35-20-34-24/h1-3,6-9,16-17,23,27,31H,4-5,10-15,18-20H2/t23-,27+/m0/s1. The number of fused-ring (bicyclic) bond motifs is 1. The van der Waals surface area contributed by atoms with E-state index in [4.69, 9.17) is 24.1 Å². The van der Waals surface area contributed by atoms with Crippen molar-refractivity contribution in [2.45, 2.75) is 38.0 Å². The molecule has 0 spiro atoms. The number of hydrogen-bond acceptors (Lipinski definition) is 7. The maximum absolute atomic E-state index is 13.4. The maximum atomic E-state index is 13.4. The Bertz CT molecular complexity index is 1050. The van der Waals surface area contributed by atoms with E-state index < -0.39 is 6.29 Å². The minimum absolute atomic E-state index is 0.0500. The average Bonchev–Trinajstić information content (AvgIpc) is 3.40. The number of benzene rings is 2. The molecule has 36 heavy (non-hydrogen) atoms. The number of amides is 1. The molecule has 5 rings (SSSR count). The van der Waals surface area contributed by atoms with Crippen LogP contribution in [0.3, 0.4) is 0 Å². The molecule has 3 aliphatic heterocycles. The van der Waals surface area contributed by atoms with Crippen LogP contribution in [0.1, 0.15) is 36.3 Å². The lowest BCUT2D eigenvalue weighted by Gasteiger charge is -2.36. The summed E-state index contributed by atoms with van der Waals surface area (Å²) in [5, 5.41) is 9.03. The van der Waals surface area contributed by atoms with E-state index in [9.17, 15) is 4.79 Å². The van der Waals surface area contributed by atoms with Crippen molar-refractivity contribution in [1.29, 1.82) is 0 Å². The quantitative estimate of drug-likeness (QED) is 0.536. The van der Waals surface area contributed by atoms with Gasteiger partial charge in [0, 0.05) is 51.7 Å². The zero-order chi connectivity index (χ0) is 24.7. The molecule has 1 amide bonds. The van der Waals surface area contributed by atoms with Crippen LogP contribution in [0.25, 0.3) is 0 Å². The van der Waals surface area contributed by atoms with E-state index in [1.807, 2.05) is 41.3 Å². The van der Waals surface area contributed by atoms with Crippen molar-refractivity contribution in [1.82, 2.24) is 9.80 Å². The van der Waals surface area contributed by atoms with Crippen LogP contribution in [-0.2, 0) is 20.8 Å². The summed E-state index contributed by atoms with van der Waals surface area (Å²) >= 11 is 0. The van der Waals surface area contributed by atoms with Crippen molar-refractivity contribution >= 4 is 5.91 Å². The maximum Gasteiger partial charge on any atom is 0.288 e. The SMILES string of the molecule is O=C(C1=C[C@H](c2ccccc2)C[C@H](OCCCCO)O1)N1CCN(Cc2ccc3c(c2)OCO3)CC1. The van der Waals surface area contributed by atoms with Crippen LogP contribution in [0.5, 0.6) is 11.5 Å². The topological polar surface area (TPSA) is 80.7 Å². The van der Waals surface area contributed by atoms with E-state index in [2.05, 4.69) is 23.1 Å². The number of piperazine rings is 1. The van der Waals surface area contributed by atoms with Crippen LogP contribution in [0.4, 0.5) is 0 Å². The molecule has 0 bridgehead atoms. The van der Waals surface area contributed by atoms with Crippen LogP contribution in [-0.4, -0.2) is 73.3 Å². The highest BCUT2D eigenvalue weighted by Gasteiger charge is 2.32. The molecule has 1 N–H and O–H groups in total. The Balaban J connectivity index is 1.20. The molecule has 1 fully saturated rings. The number of allylic oxidation sites excluding steroid dienone is 1. The van der Waals surface area contributed by atoms with Gasteiger partial charge in [-0.05, 0) is 42.2 Å². The number of carbonyl (C=O) groups excluding carboxylic acids is 1. The minimum Gasteiger partial charge on any atom is -0.459 e. The minimum atomic E-state index is -0.481. The Morgan fingerprint density at radius 3 is 2.61 bits per heavy atom. The Labute approximate surface area is 212 Å². The third-order valence-corrected chi connectivity index (χ3v) is 6.85. The highest BCUT2D eigenvalue weighted by Crippen LogP contribution is 2.34. The summed E-state index contributed by atoms with van der Waals surface area (Å²) in [6.45, 7) is 4.57. The first-order valence-corrected chi connectivity index (χ1v) is 12.8. The van der Waals surface area contributed by atoms with Gasteiger partial charge in [0.15, 0.2) is 17.3 Å². The fourth-order valence-corrected chi connectivity index (χ4v) is 4.83. The van der Waals surface area contributed by atoms with E-state index in [1.165, 1.54) is 5.56 Å². The number of nitrogens with zero attached hydrogens (tertiary/aromatic N) is 2. The van der Waals surface area contributed by atoms with Crippen LogP contribution < -0.4 is 9.47 Å². The van der Waals surface area contributed by atoms with E-state index in [1.54, 1.807) is 0 Å². The van der Waals surface area contributed by atoms with Crippen molar-refractivity contribution < 1.29 is 28.8 Å². The molecule has 3 heterocycles. The molecule has 192 valence electrons. The summed E-state index contributed by atoms with van der Waals surface area (Å²) in [6, 6.07) is 16.2. The van der Waals surface area contributed by atoms with Crippen molar-refractivity contribution in [2.75, 3.05) is 46.2 Å².